The van der Waals surface area contributed by atoms with E-state index in [0.717, 1.165) is 20.9 Å². The summed E-state index contributed by atoms with van der Waals surface area (Å²) in [5.74, 6) is 0. The lowest BCUT2D eigenvalue weighted by Crippen LogP contribution is -2.40. The van der Waals surface area contributed by atoms with Gasteiger partial charge in [0.25, 0.3) is 0 Å². The highest BCUT2D eigenvalue weighted by Gasteiger charge is 2.36. The molecule has 4 heteroatoms. The number of hydrogen-bond acceptors (Lipinski definition) is 2. The van der Waals surface area contributed by atoms with Crippen LogP contribution in [0.15, 0.2) is 28.7 Å². The lowest BCUT2D eigenvalue weighted by Gasteiger charge is -2.39. The number of aliphatic hydroxyl groups is 1. The van der Waals surface area contributed by atoms with Crippen LogP contribution in [0.2, 0.25) is 0 Å². The Morgan fingerprint density at radius 3 is 2.65 bits per heavy atom. The number of benzene rings is 1. The molecule has 2 rings (SSSR count). The van der Waals surface area contributed by atoms with Crippen molar-refractivity contribution in [3.8, 4) is 0 Å². The van der Waals surface area contributed by atoms with Gasteiger partial charge in [0.1, 0.15) is 0 Å². The minimum Gasteiger partial charge on any atom is -0.390 e. The average Bonchev–Trinajstić information content (AvgIpc) is 2.27. The number of halogens is 2. The predicted octanol–water partition coefficient (Wildman–Crippen LogP) is 3.86. The first-order valence-corrected chi connectivity index (χ1v) is 8.01. The third-order valence-corrected chi connectivity index (χ3v) is 4.57. The third-order valence-electron chi connectivity index (χ3n) is 3.06. The van der Waals surface area contributed by atoms with Crippen LogP contribution in [0, 0.1) is 0 Å². The summed E-state index contributed by atoms with van der Waals surface area (Å²) in [6.45, 7) is 1.90. The zero-order chi connectivity index (χ0) is 12.5. The molecular weight excluding hydrogens is 395 g/mol. The van der Waals surface area contributed by atoms with Crippen molar-refractivity contribution < 1.29 is 9.84 Å². The second-order valence-corrected chi connectivity index (χ2v) is 6.65. The van der Waals surface area contributed by atoms with Gasteiger partial charge in [0.2, 0.25) is 0 Å². The normalized spacial score (nSPS) is 33.6. The summed E-state index contributed by atoms with van der Waals surface area (Å²) in [6, 6.07) is 8.14. The second kappa shape index (κ2) is 5.55. The molecule has 1 aliphatic rings. The summed E-state index contributed by atoms with van der Waals surface area (Å²) in [5.41, 5.74) is 0.522. The Hall–Kier alpha value is 0.350. The smallest absolute Gasteiger partial charge is 0.0856 e. The van der Waals surface area contributed by atoms with Crippen molar-refractivity contribution in [1.29, 1.82) is 0 Å². The molecule has 1 heterocycles. The number of ether oxygens (including phenoxy) is 1. The van der Waals surface area contributed by atoms with E-state index in [-0.39, 0.29) is 12.2 Å². The highest BCUT2D eigenvalue weighted by atomic mass is 127. The van der Waals surface area contributed by atoms with Crippen LogP contribution in [0.25, 0.3) is 0 Å². The molecule has 3 atom stereocenters. The molecule has 1 aliphatic heterocycles. The summed E-state index contributed by atoms with van der Waals surface area (Å²) in [7, 11) is 0. The van der Waals surface area contributed by atoms with Crippen LogP contribution < -0.4 is 0 Å². The van der Waals surface area contributed by atoms with Crippen LogP contribution in [0.5, 0.6) is 0 Å². The lowest BCUT2D eigenvalue weighted by atomic mass is 9.87. The lowest BCUT2D eigenvalue weighted by molar-refractivity contribution is -0.129. The van der Waals surface area contributed by atoms with Crippen LogP contribution in [0.3, 0.4) is 0 Å². The molecule has 0 amide bonds. The standard InChI is InChI=1S/C13H16BrIO2/c1-13(16)6-11(8-15)17-12(7-13)9-2-4-10(14)5-3-9/h2-5,11-12,16H,6-8H2,1H3/t11-,12+,13-/m0/s1. The highest BCUT2D eigenvalue weighted by molar-refractivity contribution is 14.1. The van der Waals surface area contributed by atoms with Gasteiger partial charge in [-0.05, 0) is 24.6 Å². The van der Waals surface area contributed by atoms with E-state index >= 15 is 0 Å². The monoisotopic (exact) mass is 410 g/mol. The molecule has 1 aromatic rings. The van der Waals surface area contributed by atoms with Gasteiger partial charge in [0, 0.05) is 21.7 Å². The molecule has 0 saturated carbocycles. The van der Waals surface area contributed by atoms with Crippen molar-refractivity contribution in [3.05, 3.63) is 34.3 Å². The Bertz CT molecular complexity index is 378. The Morgan fingerprint density at radius 1 is 1.41 bits per heavy atom. The van der Waals surface area contributed by atoms with Crippen molar-refractivity contribution in [2.45, 2.75) is 37.6 Å². The summed E-state index contributed by atoms with van der Waals surface area (Å²) < 4.78 is 8.00. The SMILES string of the molecule is C[C@]1(O)C[C@@H](CI)O[C@@H](c2ccc(Br)cc2)C1. The van der Waals surface area contributed by atoms with E-state index in [9.17, 15) is 5.11 Å². The molecule has 0 bridgehead atoms. The maximum Gasteiger partial charge on any atom is 0.0856 e. The van der Waals surface area contributed by atoms with Gasteiger partial charge in [-0.25, -0.2) is 0 Å². The van der Waals surface area contributed by atoms with Crippen LogP contribution in [-0.2, 0) is 4.74 Å². The van der Waals surface area contributed by atoms with Gasteiger partial charge < -0.3 is 9.84 Å². The van der Waals surface area contributed by atoms with E-state index in [1.165, 1.54) is 0 Å². The summed E-state index contributed by atoms with van der Waals surface area (Å²) in [6.07, 6.45) is 1.55. The first-order valence-electron chi connectivity index (χ1n) is 5.69. The van der Waals surface area contributed by atoms with E-state index in [1.807, 2.05) is 19.1 Å². The number of alkyl halides is 1. The van der Waals surface area contributed by atoms with Gasteiger partial charge in [0.15, 0.2) is 0 Å². The van der Waals surface area contributed by atoms with Gasteiger partial charge in [-0.15, -0.1) is 0 Å². The summed E-state index contributed by atoms with van der Waals surface area (Å²) in [4.78, 5) is 0. The molecule has 0 radical (unpaired) electrons. The maximum absolute atomic E-state index is 10.3. The minimum absolute atomic E-state index is 0.00613. The van der Waals surface area contributed by atoms with Crippen molar-refractivity contribution in [3.63, 3.8) is 0 Å². The molecule has 0 spiro atoms. The molecule has 0 aliphatic carbocycles. The van der Waals surface area contributed by atoms with Crippen LogP contribution >= 0.6 is 38.5 Å². The minimum atomic E-state index is -0.619. The summed E-state index contributed by atoms with van der Waals surface area (Å²) >= 11 is 5.74. The molecule has 1 fully saturated rings. The third kappa shape index (κ3) is 3.66. The molecule has 2 nitrogen and oxygen atoms in total. The Balaban J connectivity index is 2.17. The molecule has 17 heavy (non-hydrogen) atoms. The zero-order valence-corrected chi connectivity index (χ0v) is 13.4. The molecule has 1 N–H and O–H groups in total. The van der Waals surface area contributed by atoms with Gasteiger partial charge in [-0.3, -0.25) is 0 Å². The van der Waals surface area contributed by atoms with Crippen molar-refractivity contribution in [2.24, 2.45) is 0 Å². The van der Waals surface area contributed by atoms with Crippen LogP contribution in [-0.4, -0.2) is 21.2 Å². The van der Waals surface area contributed by atoms with Crippen molar-refractivity contribution >= 4 is 38.5 Å². The van der Waals surface area contributed by atoms with Crippen LogP contribution in [0.1, 0.15) is 31.4 Å². The molecular formula is C13H16BrIO2. The van der Waals surface area contributed by atoms with E-state index < -0.39 is 5.60 Å². The van der Waals surface area contributed by atoms with Crippen molar-refractivity contribution in [1.82, 2.24) is 0 Å². The fourth-order valence-electron chi connectivity index (χ4n) is 2.27. The van der Waals surface area contributed by atoms with Crippen molar-refractivity contribution in [2.75, 3.05) is 4.43 Å². The molecule has 1 aromatic carbocycles. The Labute approximate surface area is 124 Å². The largest absolute Gasteiger partial charge is 0.390 e. The zero-order valence-electron chi connectivity index (χ0n) is 9.70. The van der Waals surface area contributed by atoms with Gasteiger partial charge >= 0.3 is 0 Å². The number of hydrogen-bond donors (Lipinski definition) is 1. The molecule has 0 aromatic heterocycles. The first kappa shape index (κ1) is 13.8. The molecule has 94 valence electrons. The predicted molar refractivity (Wildman–Crippen MR) is 80.5 cm³/mol. The highest BCUT2D eigenvalue weighted by Crippen LogP contribution is 2.37. The Morgan fingerprint density at radius 2 is 2.06 bits per heavy atom. The maximum atomic E-state index is 10.3. The van der Waals surface area contributed by atoms with E-state index in [2.05, 4.69) is 50.7 Å². The van der Waals surface area contributed by atoms with E-state index in [4.69, 9.17) is 4.74 Å². The van der Waals surface area contributed by atoms with Gasteiger partial charge in [-0.1, -0.05) is 50.7 Å². The number of rotatable bonds is 2. The first-order chi connectivity index (χ1) is 8.00. The molecule has 0 unspecified atom stereocenters. The average molecular weight is 411 g/mol. The topological polar surface area (TPSA) is 29.5 Å². The second-order valence-electron chi connectivity index (χ2n) is 4.86. The van der Waals surface area contributed by atoms with Crippen LogP contribution in [0.4, 0.5) is 0 Å². The van der Waals surface area contributed by atoms with E-state index in [0.29, 0.717) is 6.42 Å². The van der Waals surface area contributed by atoms with E-state index in [1.54, 1.807) is 0 Å². The fraction of sp³-hybridized carbons (Fsp3) is 0.538. The Kier molecular flexibility index (Phi) is 4.50. The summed E-state index contributed by atoms with van der Waals surface area (Å²) in [5, 5.41) is 10.3. The van der Waals surface area contributed by atoms with Gasteiger partial charge in [0.05, 0.1) is 17.8 Å². The quantitative estimate of drug-likeness (QED) is 0.592. The van der Waals surface area contributed by atoms with Gasteiger partial charge in [-0.2, -0.15) is 0 Å². The molecule has 1 saturated heterocycles. The fourth-order valence-corrected chi connectivity index (χ4v) is 3.05.